The van der Waals surface area contributed by atoms with Crippen molar-refractivity contribution in [1.29, 1.82) is 0 Å². The molecule has 0 saturated carbocycles. The predicted octanol–water partition coefficient (Wildman–Crippen LogP) is 2.65. The van der Waals surface area contributed by atoms with Crippen LogP contribution in [0.1, 0.15) is 19.4 Å². The highest BCUT2D eigenvalue weighted by Crippen LogP contribution is 2.30. The van der Waals surface area contributed by atoms with Gasteiger partial charge in [0.05, 0.1) is 5.37 Å². The van der Waals surface area contributed by atoms with Crippen molar-refractivity contribution in [1.82, 2.24) is 4.90 Å². The number of carbonyl (C=O) groups excluding carboxylic acids is 1. The lowest BCUT2D eigenvalue weighted by atomic mass is 10.1. The van der Waals surface area contributed by atoms with Crippen molar-refractivity contribution in [2.75, 3.05) is 17.7 Å². The summed E-state index contributed by atoms with van der Waals surface area (Å²) in [7, 11) is 1.68. The number of carbonyl (C=O) groups is 2. The molecule has 0 aliphatic carbocycles. The molecule has 0 radical (unpaired) electrons. The van der Waals surface area contributed by atoms with E-state index in [2.05, 4.69) is 6.92 Å². The molecule has 2 atom stereocenters. The minimum Gasteiger partial charge on any atom is -0.480 e. The highest BCUT2D eigenvalue weighted by atomic mass is 32.2. The molecule has 21 heavy (non-hydrogen) atoms. The molecular weight excluding hydrogens is 288 g/mol. The summed E-state index contributed by atoms with van der Waals surface area (Å²) < 4.78 is 0. The van der Waals surface area contributed by atoms with E-state index < -0.39 is 12.0 Å². The number of carboxylic acids is 1. The van der Waals surface area contributed by atoms with E-state index in [0.29, 0.717) is 5.75 Å². The standard InChI is InChI=1S/C15H20N2O3S/c1-4-11-5-7-12(8-6-11)16(3)15(20)17-10(2)21-9-13(17)14(18)19/h5-8,10,13H,4,9H2,1-3H3,(H,18,19). The number of benzene rings is 1. The summed E-state index contributed by atoms with van der Waals surface area (Å²) in [5.74, 6) is -0.514. The Hall–Kier alpha value is -1.69. The molecule has 0 spiro atoms. The van der Waals surface area contributed by atoms with Crippen LogP contribution in [-0.4, -0.2) is 46.2 Å². The van der Waals surface area contributed by atoms with E-state index in [0.717, 1.165) is 12.1 Å². The largest absolute Gasteiger partial charge is 0.480 e. The summed E-state index contributed by atoms with van der Waals surface area (Å²) >= 11 is 1.49. The Morgan fingerprint density at radius 2 is 2.00 bits per heavy atom. The molecule has 2 amide bonds. The molecular formula is C15H20N2O3S. The monoisotopic (exact) mass is 308 g/mol. The number of nitrogens with zero attached hydrogens (tertiary/aromatic N) is 2. The van der Waals surface area contributed by atoms with Crippen molar-refractivity contribution in [3.05, 3.63) is 29.8 Å². The van der Waals surface area contributed by atoms with Gasteiger partial charge >= 0.3 is 12.0 Å². The molecule has 0 aromatic heterocycles. The molecule has 1 aliphatic rings. The minimum absolute atomic E-state index is 0.129. The van der Waals surface area contributed by atoms with Gasteiger partial charge in [0.2, 0.25) is 0 Å². The fraction of sp³-hybridized carbons (Fsp3) is 0.467. The number of thioether (sulfide) groups is 1. The first kappa shape index (κ1) is 15.7. The van der Waals surface area contributed by atoms with Crippen molar-refractivity contribution in [2.24, 2.45) is 0 Å². The summed E-state index contributed by atoms with van der Waals surface area (Å²) in [6, 6.07) is 6.71. The van der Waals surface area contributed by atoms with Gasteiger partial charge in [0.15, 0.2) is 0 Å². The summed E-state index contributed by atoms with van der Waals surface area (Å²) in [5.41, 5.74) is 1.97. The van der Waals surface area contributed by atoms with Crippen molar-refractivity contribution in [3.63, 3.8) is 0 Å². The number of anilines is 1. The van der Waals surface area contributed by atoms with Crippen LogP contribution in [0.25, 0.3) is 0 Å². The zero-order valence-electron chi connectivity index (χ0n) is 12.4. The van der Waals surface area contributed by atoms with Crippen molar-refractivity contribution in [2.45, 2.75) is 31.7 Å². The van der Waals surface area contributed by atoms with Crippen molar-refractivity contribution >= 4 is 29.4 Å². The molecule has 5 nitrogen and oxygen atoms in total. The molecule has 1 aliphatic heterocycles. The summed E-state index contributed by atoms with van der Waals surface area (Å²) in [4.78, 5) is 26.8. The van der Waals surface area contributed by atoms with Gasteiger partial charge in [-0.1, -0.05) is 19.1 Å². The highest BCUT2D eigenvalue weighted by molar-refractivity contribution is 8.00. The van der Waals surface area contributed by atoms with Crippen LogP contribution in [0.5, 0.6) is 0 Å². The molecule has 1 saturated heterocycles. The van der Waals surface area contributed by atoms with Crippen LogP contribution in [-0.2, 0) is 11.2 Å². The average Bonchev–Trinajstić information content (AvgIpc) is 2.87. The Morgan fingerprint density at radius 1 is 1.38 bits per heavy atom. The molecule has 1 aromatic rings. The van der Waals surface area contributed by atoms with Crippen LogP contribution in [0.3, 0.4) is 0 Å². The van der Waals surface area contributed by atoms with E-state index in [1.54, 1.807) is 7.05 Å². The number of amides is 2. The number of rotatable bonds is 3. The lowest BCUT2D eigenvalue weighted by Gasteiger charge is -2.30. The first-order chi connectivity index (χ1) is 9.95. The van der Waals surface area contributed by atoms with Crippen LogP contribution < -0.4 is 4.90 Å². The number of carboxylic acid groups (broad SMARTS) is 1. The molecule has 1 fully saturated rings. The number of aryl methyl sites for hydroxylation is 1. The number of urea groups is 1. The Balaban J connectivity index is 2.19. The van der Waals surface area contributed by atoms with Gasteiger partial charge in [-0.2, -0.15) is 0 Å². The van der Waals surface area contributed by atoms with Crippen LogP contribution >= 0.6 is 11.8 Å². The van der Waals surface area contributed by atoms with Gasteiger partial charge in [0.1, 0.15) is 6.04 Å². The SMILES string of the molecule is CCc1ccc(N(C)C(=O)N2C(C)SCC2C(=O)O)cc1. The van der Waals surface area contributed by atoms with Crippen molar-refractivity contribution < 1.29 is 14.7 Å². The van der Waals surface area contributed by atoms with E-state index in [1.165, 1.54) is 27.1 Å². The molecule has 114 valence electrons. The maximum absolute atomic E-state index is 12.6. The Kier molecular flexibility index (Phi) is 4.77. The number of hydrogen-bond acceptors (Lipinski definition) is 3. The van der Waals surface area contributed by atoms with Gasteiger partial charge in [0, 0.05) is 18.5 Å². The van der Waals surface area contributed by atoms with Crippen molar-refractivity contribution in [3.8, 4) is 0 Å². The molecule has 1 heterocycles. The molecule has 0 bridgehead atoms. The molecule has 2 rings (SSSR count). The number of hydrogen-bond donors (Lipinski definition) is 1. The second-order valence-corrected chi connectivity index (χ2v) is 6.40. The maximum atomic E-state index is 12.6. The van der Waals surface area contributed by atoms with Gasteiger partial charge < -0.3 is 5.11 Å². The fourth-order valence-corrected chi connectivity index (χ4v) is 3.52. The Labute approximate surface area is 128 Å². The predicted molar refractivity (Wildman–Crippen MR) is 84.8 cm³/mol. The third-order valence-electron chi connectivity index (χ3n) is 3.75. The van der Waals surface area contributed by atoms with Gasteiger partial charge in [-0.25, -0.2) is 9.59 Å². The summed E-state index contributed by atoms with van der Waals surface area (Å²) in [6.45, 7) is 3.93. The third-order valence-corrected chi connectivity index (χ3v) is 4.97. The highest BCUT2D eigenvalue weighted by Gasteiger charge is 2.40. The van der Waals surface area contributed by atoms with Gasteiger partial charge in [-0.15, -0.1) is 11.8 Å². The number of aliphatic carboxylic acids is 1. The van der Waals surface area contributed by atoms with Crippen LogP contribution in [0.15, 0.2) is 24.3 Å². The first-order valence-corrected chi connectivity index (χ1v) is 8.00. The lowest BCUT2D eigenvalue weighted by Crippen LogP contribution is -2.50. The quantitative estimate of drug-likeness (QED) is 0.932. The smallest absolute Gasteiger partial charge is 0.327 e. The van der Waals surface area contributed by atoms with E-state index >= 15 is 0 Å². The molecule has 1 aromatic carbocycles. The van der Waals surface area contributed by atoms with Gasteiger partial charge in [0.25, 0.3) is 0 Å². The van der Waals surface area contributed by atoms with Crippen LogP contribution in [0.2, 0.25) is 0 Å². The average molecular weight is 308 g/mol. The molecule has 6 heteroatoms. The lowest BCUT2D eigenvalue weighted by molar-refractivity contribution is -0.141. The second kappa shape index (κ2) is 6.39. The topological polar surface area (TPSA) is 60.9 Å². The zero-order chi connectivity index (χ0) is 15.6. The Bertz CT molecular complexity index is 532. The summed E-state index contributed by atoms with van der Waals surface area (Å²) in [5, 5.41) is 9.12. The molecule has 1 N–H and O–H groups in total. The first-order valence-electron chi connectivity index (χ1n) is 6.95. The molecule has 2 unspecified atom stereocenters. The second-order valence-electron chi connectivity index (χ2n) is 5.06. The van der Waals surface area contributed by atoms with Gasteiger partial charge in [-0.3, -0.25) is 9.80 Å². The Morgan fingerprint density at radius 3 is 2.52 bits per heavy atom. The normalized spacial score (nSPS) is 21.4. The van der Waals surface area contributed by atoms with E-state index in [1.807, 2.05) is 31.2 Å². The maximum Gasteiger partial charge on any atom is 0.327 e. The van der Waals surface area contributed by atoms with E-state index in [9.17, 15) is 14.7 Å². The van der Waals surface area contributed by atoms with Gasteiger partial charge in [-0.05, 0) is 31.0 Å². The van der Waals surface area contributed by atoms with Crippen LogP contribution in [0, 0.1) is 0 Å². The van der Waals surface area contributed by atoms with E-state index in [4.69, 9.17) is 0 Å². The van der Waals surface area contributed by atoms with Crippen LogP contribution in [0.4, 0.5) is 10.5 Å². The zero-order valence-corrected chi connectivity index (χ0v) is 13.3. The minimum atomic E-state index is -0.949. The fourth-order valence-electron chi connectivity index (χ4n) is 2.36. The summed E-state index contributed by atoms with van der Waals surface area (Å²) in [6.07, 6.45) is 0.943. The van der Waals surface area contributed by atoms with E-state index in [-0.39, 0.29) is 11.4 Å². The third kappa shape index (κ3) is 3.15.